The van der Waals surface area contributed by atoms with Crippen molar-refractivity contribution >= 4 is 33.2 Å². The van der Waals surface area contributed by atoms with Crippen LogP contribution in [0.4, 0.5) is 11.4 Å². The van der Waals surface area contributed by atoms with Crippen molar-refractivity contribution < 1.29 is 23.1 Å². The second-order valence-electron chi connectivity index (χ2n) is 7.41. The molecular weight excluding hydrogens is 456 g/mol. The van der Waals surface area contributed by atoms with Gasteiger partial charge in [-0.1, -0.05) is 48.5 Å². The summed E-state index contributed by atoms with van der Waals surface area (Å²) in [7, 11) is -3.98. The fourth-order valence-corrected chi connectivity index (χ4v) is 4.52. The Kier molecular flexibility index (Phi) is 6.24. The highest BCUT2D eigenvalue weighted by atomic mass is 32.2. The molecular formula is C24H20N4O5S. The Balaban J connectivity index is 1.66. The number of carbonyl (C=O) groups excluding carboxylic acids is 2. The number of azo groups is 1. The van der Waals surface area contributed by atoms with Crippen LogP contribution in [0.5, 0.6) is 0 Å². The molecule has 0 bridgehead atoms. The SMILES string of the molecule is CC(=O)NS(=O)(=O)c1ccc(N=NC2=C(O)C(c3ccccc3)N(c3ccccc3)C2=O)cc1. The lowest BCUT2D eigenvalue weighted by atomic mass is 10.0. The maximum Gasteiger partial charge on any atom is 0.283 e. The third-order valence-corrected chi connectivity index (χ3v) is 6.47. The van der Waals surface area contributed by atoms with Gasteiger partial charge in [-0.15, -0.1) is 5.11 Å². The van der Waals surface area contributed by atoms with Gasteiger partial charge in [-0.25, -0.2) is 13.1 Å². The summed E-state index contributed by atoms with van der Waals surface area (Å²) in [5.74, 6) is -1.47. The number of aliphatic hydroxyl groups is 1. The molecule has 0 aromatic heterocycles. The van der Waals surface area contributed by atoms with Crippen molar-refractivity contribution in [3.63, 3.8) is 0 Å². The number of sulfonamides is 1. The van der Waals surface area contributed by atoms with Gasteiger partial charge in [0.15, 0.2) is 11.5 Å². The van der Waals surface area contributed by atoms with Gasteiger partial charge in [0.25, 0.3) is 15.9 Å². The summed E-state index contributed by atoms with van der Waals surface area (Å²) in [4.78, 5) is 25.6. The number of nitrogens with zero attached hydrogens (tertiary/aromatic N) is 3. The number of carbonyl (C=O) groups is 2. The smallest absolute Gasteiger partial charge is 0.283 e. The number of hydrogen-bond donors (Lipinski definition) is 2. The van der Waals surface area contributed by atoms with E-state index >= 15 is 0 Å². The van der Waals surface area contributed by atoms with Crippen LogP contribution in [0.15, 0.2) is 112 Å². The molecule has 9 nitrogen and oxygen atoms in total. The number of rotatable bonds is 6. The topological polar surface area (TPSA) is 128 Å². The summed E-state index contributed by atoms with van der Waals surface area (Å²) in [5.41, 5.74) is 1.33. The van der Waals surface area contributed by atoms with E-state index < -0.39 is 27.9 Å². The van der Waals surface area contributed by atoms with Crippen LogP contribution < -0.4 is 9.62 Å². The lowest BCUT2D eigenvalue weighted by Gasteiger charge is -2.25. The Morgan fingerprint density at radius 2 is 1.50 bits per heavy atom. The molecule has 0 aliphatic carbocycles. The normalized spacial score (nSPS) is 16.3. The van der Waals surface area contributed by atoms with Gasteiger partial charge in [-0.3, -0.25) is 14.5 Å². The van der Waals surface area contributed by atoms with E-state index in [1.165, 1.54) is 29.2 Å². The Labute approximate surface area is 196 Å². The molecule has 34 heavy (non-hydrogen) atoms. The number of benzene rings is 3. The molecule has 1 aliphatic heterocycles. The first kappa shape index (κ1) is 22.9. The molecule has 4 rings (SSSR count). The van der Waals surface area contributed by atoms with E-state index in [4.69, 9.17) is 0 Å². The van der Waals surface area contributed by atoms with Crippen LogP contribution >= 0.6 is 0 Å². The third-order valence-electron chi connectivity index (χ3n) is 5.02. The Hall–Kier alpha value is -4.31. The zero-order valence-corrected chi connectivity index (χ0v) is 18.8. The maximum absolute atomic E-state index is 13.2. The average Bonchev–Trinajstić information content (AvgIpc) is 3.07. The number of nitrogens with one attached hydrogen (secondary N) is 1. The van der Waals surface area contributed by atoms with Gasteiger partial charge in [0.05, 0.1) is 10.6 Å². The minimum atomic E-state index is -3.98. The first-order valence-electron chi connectivity index (χ1n) is 10.2. The van der Waals surface area contributed by atoms with E-state index in [9.17, 15) is 23.1 Å². The second kappa shape index (κ2) is 9.28. The summed E-state index contributed by atoms with van der Waals surface area (Å²) in [6, 6.07) is 22.5. The number of hydrogen-bond acceptors (Lipinski definition) is 7. The van der Waals surface area contributed by atoms with Crippen molar-refractivity contribution in [2.45, 2.75) is 17.9 Å². The van der Waals surface area contributed by atoms with E-state index in [2.05, 4.69) is 10.2 Å². The van der Waals surface area contributed by atoms with Crippen molar-refractivity contribution in [2.75, 3.05) is 4.90 Å². The van der Waals surface area contributed by atoms with Crippen molar-refractivity contribution in [1.82, 2.24) is 4.72 Å². The minimum absolute atomic E-state index is 0.125. The van der Waals surface area contributed by atoms with E-state index in [0.717, 1.165) is 6.92 Å². The van der Waals surface area contributed by atoms with Crippen LogP contribution in [0, 0.1) is 0 Å². The molecule has 1 heterocycles. The van der Waals surface area contributed by atoms with Gasteiger partial charge in [-0.2, -0.15) is 5.11 Å². The van der Waals surface area contributed by atoms with Gasteiger partial charge in [0.1, 0.15) is 6.04 Å². The lowest BCUT2D eigenvalue weighted by molar-refractivity contribution is -0.117. The summed E-state index contributed by atoms with van der Waals surface area (Å²) in [5, 5.41) is 19.0. The van der Waals surface area contributed by atoms with Crippen LogP contribution in [0.25, 0.3) is 0 Å². The molecule has 0 saturated heterocycles. The molecule has 3 aromatic carbocycles. The molecule has 0 fully saturated rings. The highest BCUT2D eigenvalue weighted by Crippen LogP contribution is 2.40. The van der Waals surface area contributed by atoms with Gasteiger partial charge in [-0.05, 0) is 42.0 Å². The van der Waals surface area contributed by atoms with Crippen LogP contribution in [0.3, 0.4) is 0 Å². The van der Waals surface area contributed by atoms with Gasteiger partial charge < -0.3 is 5.11 Å². The van der Waals surface area contributed by atoms with Crippen LogP contribution in [0.2, 0.25) is 0 Å². The molecule has 2 amide bonds. The number of aliphatic hydroxyl groups excluding tert-OH is 1. The van der Waals surface area contributed by atoms with Gasteiger partial charge in [0.2, 0.25) is 5.91 Å². The molecule has 0 saturated carbocycles. The molecule has 1 aliphatic rings. The van der Waals surface area contributed by atoms with Gasteiger partial charge >= 0.3 is 0 Å². The summed E-state index contributed by atoms with van der Waals surface area (Å²) in [6.45, 7) is 1.10. The first-order chi connectivity index (χ1) is 16.3. The average molecular weight is 477 g/mol. The largest absolute Gasteiger partial charge is 0.507 e. The van der Waals surface area contributed by atoms with E-state index in [-0.39, 0.29) is 22.0 Å². The molecule has 3 aromatic rings. The Bertz CT molecular complexity index is 1390. The zero-order chi connectivity index (χ0) is 24.3. The number of para-hydroxylation sites is 1. The Morgan fingerprint density at radius 1 is 0.912 bits per heavy atom. The van der Waals surface area contributed by atoms with Crippen molar-refractivity contribution in [2.24, 2.45) is 10.2 Å². The predicted octanol–water partition coefficient (Wildman–Crippen LogP) is 4.15. The fraction of sp³-hybridized carbons (Fsp3) is 0.0833. The zero-order valence-electron chi connectivity index (χ0n) is 18.0. The molecule has 0 spiro atoms. The lowest BCUT2D eigenvalue weighted by Crippen LogP contribution is -2.30. The van der Waals surface area contributed by atoms with Crippen molar-refractivity contribution in [3.8, 4) is 0 Å². The van der Waals surface area contributed by atoms with Crippen LogP contribution in [-0.4, -0.2) is 25.3 Å². The van der Waals surface area contributed by atoms with E-state index in [1.54, 1.807) is 36.4 Å². The monoisotopic (exact) mass is 476 g/mol. The minimum Gasteiger partial charge on any atom is -0.507 e. The van der Waals surface area contributed by atoms with Crippen molar-refractivity contribution in [3.05, 3.63) is 102 Å². The standard InChI is InChI=1S/C24H20N4O5S/c1-16(29)27-34(32,33)20-14-12-18(13-15-20)25-26-21-23(30)22(17-8-4-2-5-9-17)28(24(21)31)19-10-6-3-7-11-19/h2-15,22,30H,1H3,(H,27,29). The molecule has 1 unspecified atom stereocenters. The number of amides is 2. The predicted molar refractivity (Wildman–Crippen MR) is 125 cm³/mol. The molecule has 172 valence electrons. The quantitative estimate of drug-likeness (QED) is 0.517. The molecule has 10 heteroatoms. The molecule has 0 radical (unpaired) electrons. The fourth-order valence-electron chi connectivity index (χ4n) is 3.53. The van der Waals surface area contributed by atoms with E-state index in [0.29, 0.717) is 11.3 Å². The maximum atomic E-state index is 13.2. The number of anilines is 1. The highest BCUT2D eigenvalue weighted by Gasteiger charge is 2.42. The first-order valence-corrected chi connectivity index (χ1v) is 11.7. The second-order valence-corrected chi connectivity index (χ2v) is 9.10. The van der Waals surface area contributed by atoms with Crippen molar-refractivity contribution in [1.29, 1.82) is 0 Å². The summed E-state index contributed by atoms with van der Waals surface area (Å²) >= 11 is 0. The summed E-state index contributed by atoms with van der Waals surface area (Å²) < 4.78 is 26.0. The third kappa shape index (κ3) is 4.57. The Morgan fingerprint density at radius 3 is 2.09 bits per heavy atom. The highest BCUT2D eigenvalue weighted by molar-refractivity contribution is 7.90. The molecule has 1 atom stereocenters. The van der Waals surface area contributed by atoms with E-state index in [1.807, 2.05) is 29.0 Å². The molecule has 2 N–H and O–H groups in total. The van der Waals surface area contributed by atoms with Gasteiger partial charge in [0, 0.05) is 12.6 Å². The van der Waals surface area contributed by atoms with Crippen LogP contribution in [-0.2, 0) is 19.6 Å². The van der Waals surface area contributed by atoms with Crippen LogP contribution in [0.1, 0.15) is 18.5 Å². The summed E-state index contributed by atoms with van der Waals surface area (Å²) in [6.07, 6.45) is 0.